The van der Waals surface area contributed by atoms with Crippen LogP contribution in [0.15, 0.2) is 24.3 Å². The Morgan fingerprint density at radius 1 is 1.26 bits per heavy atom. The highest BCUT2D eigenvalue weighted by Crippen LogP contribution is 2.13. The lowest BCUT2D eigenvalue weighted by Crippen LogP contribution is -2.34. The van der Waals surface area contributed by atoms with E-state index in [0.29, 0.717) is 17.8 Å². The molecule has 0 atom stereocenters. The Kier molecular flexibility index (Phi) is 7.05. The van der Waals surface area contributed by atoms with Gasteiger partial charge < -0.3 is 20.6 Å². The fourth-order valence-electron chi connectivity index (χ4n) is 1.98. The van der Waals surface area contributed by atoms with Gasteiger partial charge in [-0.15, -0.1) is 0 Å². The molecule has 0 spiro atoms. The molecule has 0 saturated heterocycles. The summed E-state index contributed by atoms with van der Waals surface area (Å²) in [6.07, 6.45) is -0.103. The summed E-state index contributed by atoms with van der Waals surface area (Å²) in [4.78, 5) is 36.2. The van der Waals surface area contributed by atoms with Crippen molar-refractivity contribution in [1.82, 2.24) is 10.2 Å². The number of carbonyl (C=O) groups excluding carboxylic acids is 2. The van der Waals surface area contributed by atoms with Gasteiger partial charge in [0, 0.05) is 30.4 Å². The molecule has 7 heteroatoms. The first kappa shape index (κ1) is 18.5. The van der Waals surface area contributed by atoms with Crippen LogP contribution < -0.4 is 10.6 Å². The second kappa shape index (κ2) is 8.77. The quantitative estimate of drug-likeness (QED) is 0.716. The first-order valence-corrected chi connectivity index (χ1v) is 7.52. The van der Waals surface area contributed by atoms with E-state index in [1.807, 2.05) is 13.8 Å². The molecule has 0 radical (unpaired) electrons. The van der Waals surface area contributed by atoms with Crippen molar-refractivity contribution < 1.29 is 19.5 Å². The number of benzene rings is 1. The van der Waals surface area contributed by atoms with E-state index in [4.69, 9.17) is 5.11 Å². The zero-order chi connectivity index (χ0) is 17.4. The van der Waals surface area contributed by atoms with Crippen LogP contribution in [0.3, 0.4) is 0 Å². The van der Waals surface area contributed by atoms with Crippen LogP contribution in [0.25, 0.3) is 0 Å². The second-order valence-corrected chi connectivity index (χ2v) is 5.36. The van der Waals surface area contributed by atoms with Crippen LogP contribution in [0.1, 0.15) is 37.6 Å². The van der Waals surface area contributed by atoms with Gasteiger partial charge in [-0.25, -0.2) is 4.79 Å². The zero-order valence-corrected chi connectivity index (χ0v) is 13.6. The van der Waals surface area contributed by atoms with Gasteiger partial charge in [-0.3, -0.25) is 9.59 Å². The molecule has 3 N–H and O–H groups in total. The number of hydrogen-bond donors (Lipinski definition) is 3. The molecule has 0 aliphatic carbocycles. The van der Waals surface area contributed by atoms with Gasteiger partial charge in [0.25, 0.3) is 5.91 Å². The molecular weight excluding hydrogens is 298 g/mol. The van der Waals surface area contributed by atoms with Gasteiger partial charge >= 0.3 is 12.0 Å². The standard InChI is InChI=1S/C16H23N3O4/c1-4-19(9-8-14(20)21)15(22)12-6-5-7-13(10-12)18-16(23)17-11(2)3/h5-7,10-11H,4,8-9H2,1-3H3,(H,20,21)(H2,17,18,23). The third kappa shape index (κ3) is 6.37. The van der Waals surface area contributed by atoms with E-state index >= 15 is 0 Å². The van der Waals surface area contributed by atoms with Gasteiger partial charge in [0.2, 0.25) is 0 Å². The molecule has 3 amide bonds. The van der Waals surface area contributed by atoms with Crippen molar-refractivity contribution in [2.24, 2.45) is 0 Å². The lowest BCUT2D eigenvalue weighted by atomic mass is 10.1. The van der Waals surface area contributed by atoms with E-state index in [0.717, 1.165) is 0 Å². The summed E-state index contributed by atoms with van der Waals surface area (Å²) in [6, 6.07) is 6.23. The van der Waals surface area contributed by atoms with Gasteiger partial charge in [0.1, 0.15) is 0 Å². The number of carbonyl (C=O) groups is 3. The van der Waals surface area contributed by atoms with Crippen molar-refractivity contribution in [3.05, 3.63) is 29.8 Å². The van der Waals surface area contributed by atoms with Gasteiger partial charge in [0.15, 0.2) is 0 Å². The number of carboxylic acid groups (broad SMARTS) is 1. The van der Waals surface area contributed by atoms with Crippen LogP contribution in [0, 0.1) is 0 Å². The third-order valence-electron chi connectivity index (χ3n) is 3.05. The maximum atomic E-state index is 12.4. The molecule has 0 aliphatic heterocycles. The summed E-state index contributed by atoms with van der Waals surface area (Å²) in [5, 5.41) is 14.1. The van der Waals surface area contributed by atoms with E-state index in [1.165, 1.54) is 4.90 Å². The SMILES string of the molecule is CCN(CCC(=O)O)C(=O)c1cccc(NC(=O)NC(C)C)c1. The van der Waals surface area contributed by atoms with Crippen LogP contribution >= 0.6 is 0 Å². The summed E-state index contributed by atoms with van der Waals surface area (Å²) >= 11 is 0. The number of amides is 3. The van der Waals surface area contributed by atoms with Crippen molar-refractivity contribution in [2.75, 3.05) is 18.4 Å². The molecule has 126 valence electrons. The average molecular weight is 321 g/mol. The summed E-state index contributed by atoms with van der Waals surface area (Å²) in [5.74, 6) is -1.21. The van der Waals surface area contributed by atoms with Crippen molar-refractivity contribution in [3.8, 4) is 0 Å². The molecule has 0 unspecified atom stereocenters. The summed E-state index contributed by atoms with van der Waals surface area (Å²) < 4.78 is 0. The molecule has 0 saturated carbocycles. The van der Waals surface area contributed by atoms with Crippen LogP contribution in [-0.4, -0.2) is 47.0 Å². The van der Waals surface area contributed by atoms with Crippen LogP contribution in [0.2, 0.25) is 0 Å². The monoisotopic (exact) mass is 321 g/mol. The Hall–Kier alpha value is -2.57. The fraction of sp³-hybridized carbons (Fsp3) is 0.438. The van der Waals surface area contributed by atoms with Crippen molar-refractivity contribution >= 4 is 23.6 Å². The minimum atomic E-state index is -0.947. The summed E-state index contributed by atoms with van der Waals surface area (Å²) in [5.41, 5.74) is 0.905. The smallest absolute Gasteiger partial charge is 0.319 e. The van der Waals surface area contributed by atoms with E-state index in [2.05, 4.69) is 10.6 Å². The van der Waals surface area contributed by atoms with Gasteiger partial charge in [-0.05, 0) is 39.0 Å². The predicted octanol–water partition coefficient (Wildman–Crippen LogP) is 2.15. The lowest BCUT2D eigenvalue weighted by Gasteiger charge is -2.20. The van der Waals surface area contributed by atoms with Crippen molar-refractivity contribution in [2.45, 2.75) is 33.2 Å². The van der Waals surface area contributed by atoms with E-state index < -0.39 is 5.97 Å². The lowest BCUT2D eigenvalue weighted by molar-refractivity contribution is -0.137. The maximum absolute atomic E-state index is 12.4. The molecule has 0 aromatic heterocycles. The number of hydrogen-bond acceptors (Lipinski definition) is 3. The Bertz CT molecular complexity index is 572. The molecular formula is C16H23N3O4. The van der Waals surface area contributed by atoms with Crippen molar-refractivity contribution in [1.29, 1.82) is 0 Å². The molecule has 0 aliphatic rings. The van der Waals surface area contributed by atoms with E-state index in [9.17, 15) is 14.4 Å². The Balaban J connectivity index is 2.79. The Labute approximate surface area is 135 Å². The number of nitrogens with zero attached hydrogens (tertiary/aromatic N) is 1. The van der Waals surface area contributed by atoms with Crippen molar-refractivity contribution in [3.63, 3.8) is 0 Å². The number of aliphatic carboxylic acids is 1. The molecule has 0 heterocycles. The number of anilines is 1. The largest absolute Gasteiger partial charge is 0.481 e. The molecule has 0 fully saturated rings. The van der Waals surface area contributed by atoms with Gasteiger partial charge in [-0.1, -0.05) is 6.07 Å². The molecule has 0 bridgehead atoms. The summed E-state index contributed by atoms with van der Waals surface area (Å²) in [6.45, 7) is 6.05. The highest BCUT2D eigenvalue weighted by atomic mass is 16.4. The van der Waals surface area contributed by atoms with Crippen LogP contribution in [-0.2, 0) is 4.79 Å². The molecule has 1 aromatic rings. The fourth-order valence-corrected chi connectivity index (χ4v) is 1.98. The first-order chi connectivity index (χ1) is 10.8. The first-order valence-electron chi connectivity index (χ1n) is 7.52. The number of nitrogens with one attached hydrogen (secondary N) is 2. The maximum Gasteiger partial charge on any atom is 0.319 e. The van der Waals surface area contributed by atoms with E-state index in [1.54, 1.807) is 31.2 Å². The average Bonchev–Trinajstić information content (AvgIpc) is 2.46. The topological polar surface area (TPSA) is 98.7 Å². The second-order valence-electron chi connectivity index (χ2n) is 5.36. The minimum absolute atomic E-state index is 0.00594. The minimum Gasteiger partial charge on any atom is -0.481 e. The molecule has 1 rings (SSSR count). The Morgan fingerprint density at radius 2 is 1.96 bits per heavy atom. The molecule has 1 aromatic carbocycles. The molecule has 7 nitrogen and oxygen atoms in total. The molecule has 23 heavy (non-hydrogen) atoms. The number of carboxylic acids is 1. The highest BCUT2D eigenvalue weighted by molar-refractivity contribution is 5.97. The van der Waals surface area contributed by atoms with Gasteiger partial charge in [-0.2, -0.15) is 0 Å². The normalized spacial score (nSPS) is 10.3. The predicted molar refractivity (Wildman–Crippen MR) is 87.6 cm³/mol. The summed E-state index contributed by atoms with van der Waals surface area (Å²) in [7, 11) is 0. The Morgan fingerprint density at radius 3 is 2.52 bits per heavy atom. The third-order valence-corrected chi connectivity index (χ3v) is 3.05. The van der Waals surface area contributed by atoms with Crippen LogP contribution in [0.5, 0.6) is 0 Å². The zero-order valence-electron chi connectivity index (χ0n) is 13.6. The van der Waals surface area contributed by atoms with Gasteiger partial charge in [0.05, 0.1) is 6.42 Å². The highest BCUT2D eigenvalue weighted by Gasteiger charge is 2.16. The van der Waals surface area contributed by atoms with Crippen LogP contribution in [0.4, 0.5) is 10.5 Å². The number of rotatable bonds is 7. The number of urea groups is 1. The van der Waals surface area contributed by atoms with E-state index in [-0.39, 0.29) is 30.9 Å².